The minimum Gasteiger partial charge on any atom is -1.00 e. The van der Waals surface area contributed by atoms with Gasteiger partial charge >= 0.3 is 5.97 Å². The largest absolute Gasteiger partial charge is 1.00 e. The van der Waals surface area contributed by atoms with Gasteiger partial charge in [0.05, 0.1) is 25.9 Å². The van der Waals surface area contributed by atoms with E-state index >= 15 is 0 Å². The van der Waals surface area contributed by atoms with E-state index in [2.05, 4.69) is 29.6 Å². The summed E-state index contributed by atoms with van der Waals surface area (Å²) in [6, 6.07) is 1.57. The van der Waals surface area contributed by atoms with Crippen LogP contribution in [0.2, 0.25) is 0 Å². The third kappa shape index (κ3) is 6.39. The van der Waals surface area contributed by atoms with Gasteiger partial charge in [-0.25, -0.2) is 4.79 Å². The van der Waals surface area contributed by atoms with Gasteiger partial charge in [-0.2, -0.15) is 0 Å². The second-order valence-corrected chi connectivity index (χ2v) is 9.74. The molecule has 3 heterocycles. The van der Waals surface area contributed by atoms with Crippen molar-refractivity contribution >= 4 is 40.6 Å². The van der Waals surface area contributed by atoms with E-state index in [1.54, 1.807) is 11.4 Å². The molecule has 3 rings (SSSR count). The van der Waals surface area contributed by atoms with Crippen molar-refractivity contribution in [3.8, 4) is 0 Å². The van der Waals surface area contributed by atoms with Crippen LogP contribution in [0, 0.1) is 12.3 Å². The minimum absolute atomic E-state index is 0. The Morgan fingerprint density at radius 1 is 1.19 bits per heavy atom. The van der Waals surface area contributed by atoms with E-state index in [9.17, 15) is 14.4 Å². The fraction of sp³-hybridized carbons (Fsp3) is 0.524. The van der Waals surface area contributed by atoms with Crippen molar-refractivity contribution in [1.29, 1.82) is 0 Å². The van der Waals surface area contributed by atoms with Gasteiger partial charge in [-0.15, -0.1) is 11.3 Å². The summed E-state index contributed by atoms with van der Waals surface area (Å²) in [5, 5.41) is 11.1. The number of methoxy groups -OCH3 is 1. The van der Waals surface area contributed by atoms with E-state index in [0.717, 1.165) is 18.4 Å². The van der Waals surface area contributed by atoms with Gasteiger partial charge in [0.1, 0.15) is 11.1 Å². The fourth-order valence-corrected chi connectivity index (χ4v) is 4.70. The van der Waals surface area contributed by atoms with E-state index in [4.69, 9.17) is 9.26 Å². The Bertz CT molecular complexity index is 948. The number of nitrogens with zero attached hydrogens (tertiary/aromatic N) is 2. The lowest BCUT2D eigenvalue weighted by Gasteiger charge is -2.45. The van der Waals surface area contributed by atoms with Crippen molar-refractivity contribution in [3.63, 3.8) is 0 Å². The maximum absolute atomic E-state index is 13.0. The van der Waals surface area contributed by atoms with Crippen LogP contribution in [0.4, 0.5) is 11.5 Å². The summed E-state index contributed by atoms with van der Waals surface area (Å²) in [6.07, 6.45) is 3.20. The SMILES string of the molecule is COC(=O)c1scc(C)c1NC(=O)C[N+]1(CC(=O)Nc2ccon2)CCC(C)(C)CC1.[Br-]. The third-order valence-corrected chi connectivity index (χ3v) is 6.88. The Kier molecular flexibility index (Phi) is 8.60. The van der Waals surface area contributed by atoms with Crippen LogP contribution in [0.1, 0.15) is 41.9 Å². The molecule has 2 amide bonds. The zero-order chi connectivity index (χ0) is 22.6. The Labute approximate surface area is 201 Å². The predicted molar refractivity (Wildman–Crippen MR) is 117 cm³/mol. The first-order chi connectivity index (χ1) is 14.6. The second kappa shape index (κ2) is 10.6. The van der Waals surface area contributed by atoms with Crippen molar-refractivity contribution in [2.45, 2.75) is 33.6 Å². The normalized spacial score (nSPS) is 16.5. The predicted octanol–water partition coefficient (Wildman–Crippen LogP) is 0.0491. The minimum atomic E-state index is -0.482. The molecule has 176 valence electrons. The number of esters is 1. The quantitative estimate of drug-likeness (QED) is 0.388. The van der Waals surface area contributed by atoms with Crippen LogP contribution in [-0.4, -0.2) is 60.7 Å². The van der Waals surface area contributed by atoms with Crippen molar-refractivity contribution in [1.82, 2.24) is 5.16 Å². The highest BCUT2D eigenvalue weighted by atomic mass is 79.9. The Morgan fingerprint density at radius 3 is 2.38 bits per heavy atom. The highest BCUT2D eigenvalue weighted by molar-refractivity contribution is 7.12. The van der Waals surface area contributed by atoms with Gasteiger partial charge in [-0.1, -0.05) is 19.0 Å². The van der Waals surface area contributed by atoms with Crippen LogP contribution in [0.3, 0.4) is 0 Å². The zero-order valence-electron chi connectivity index (χ0n) is 18.7. The number of aryl methyl sites for hydroxylation is 1. The lowest BCUT2D eigenvalue weighted by molar-refractivity contribution is -0.919. The molecule has 0 atom stereocenters. The molecule has 0 aliphatic carbocycles. The monoisotopic (exact) mass is 528 g/mol. The number of thiophene rings is 1. The molecule has 0 aromatic carbocycles. The van der Waals surface area contributed by atoms with Gasteiger partial charge in [0.25, 0.3) is 11.8 Å². The molecule has 9 nitrogen and oxygen atoms in total. The molecule has 1 saturated heterocycles. The topological polar surface area (TPSA) is 111 Å². The van der Waals surface area contributed by atoms with Crippen molar-refractivity contribution in [2.75, 3.05) is 43.9 Å². The van der Waals surface area contributed by atoms with Crippen LogP contribution in [0.15, 0.2) is 22.2 Å². The lowest BCUT2D eigenvalue weighted by Crippen LogP contribution is -3.00. The molecule has 2 aromatic heterocycles. The number of hydrogen-bond donors (Lipinski definition) is 2. The Balaban J connectivity index is 0.00000363. The first-order valence-electron chi connectivity index (χ1n) is 10.1. The summed E-state index contributed by atoms with van der Waals surface area (Å²) in [5.74, 6) is -0.588. The molecule has 11 heteroatoms. The van der Waals surface area contributed by atoms with E-state index in [0.29, 0.717) is 34.0 Å². The van der Waals surface area contributed by atoms with Gasteiger partial charge < -0.3 is 41.4 Å². The van der Waals surface area contributed by atoms with Crippen molar-refractivity contribution in [3.05, 3.63) is 28.2 Å². The van der Waals surface area contributed by atoms with Crippen LogP contribution in [-0.2, 0) is 14.3 Å². The van der Waals surface area contributed by atoms with Crippen LogP contribution in [0.5, 0.6) is 0 Å². The number of quaternary nitrogens is 1. The third-order valence-electron chi connectivity index (χ3n) is 5.80. The summed E-state index contributed by atoms with van der Waals surface area (Å²) < 4.78 is 9.92. The summed E-state index contributed by atoms with van der Waals surface area (Å²) in [4.78, 5) is 38.1. The van der Waals surface area contributed by atoms with E-state index in [1.165, 1.54) is 24.7 Å². The van der Waals surface area contributed by atoms with Crippen molar-refractivity contribution in [2.24, 2.45) is 5.41 Å². The van der Waals surface area contributed by atoms with Gasteiger partial charge in [-0.3, -0.25) is 9.59 Å². The number of nitrogens with one attached hydrogen (secondary N) is 2. The molecule has 2 N–H and O–H groups in total. The number of carbonyl (C=O) groups is 3. The van der Waals surface area contributed by atoms with E-state index in [1.807, 2.05) is 6.92 Å². The molecule has 0 spiro atoms. The van der Waals surface area contributed by atoms with Crippen LogP contribution >= 0.6 is 11.3 Å². The molecule has 0 bridgehead atoms. The molecule has 2 aromatic rings. The van der Waals surface area contributed by atoms with Gasteiger partial charge in [0, 0.05) is 18.9 Å². The smallest absolute Gasteiger partial charge is 0.350 e. The molecule has 1 aliphatic rings. The molecule has 1 fully saturated rings. The first-order valence-corrected chi connectivity index (χ1v) is 11.0. The van der Waals surface area contributed by atoms with Crippen LogP contribution < -0.4 is 27.6 Å². The number of hydrogen-bond acceptors (Lipinski definition) is 7. The Hall–Kier alpha value is -2.24. The Morgan fingerprint density at radius 2 is 1.81 bits per heavy atom. The zero-order valence-corrected chi connectivity index (χ0v) is 21.1. The average molecular weight is 529 g/mol. The molecule has 0 radical (unpaired) electrons. The van der Waals surface area contributed by atoms with Gasteiger partial charge in [-0.05, 0) is 23.3 Å². The van der Waals surface area contributed by atoms with E-state index < -0.39 is 5.97 Å². The van der Waals surface area contributed by atoms with E-state index in [-0.39, 0.29) is 47.3 Å². The number of anilines is 2. The summed E-state index contributed by atoms with van der Waals surface area (Å²) >= 11 is 1.23. The number of piperidine rings is 1. The second-order valence-electron chi connectivity index (χ2n) is 8.86. The number of amides is 2. The summed E-state index contributed by atoms with van der Waals surface area (Å²) in [7, 11) is 1.31. The number of rotatable bonds is 7. The molecule has 0 unspecified atom stereocenters. The number of halogens is 1. The summed E-state index contributed by atoms with van der Waals surface area (Å²) in [5.41, 5.74) is 1.45. The maximum Gasteiger partial charge on any atom is 0.350 e. The summed E-state index contributed by atoms with van der Waals surface area (Å²) in [6.45, 7) is 7.94. The molecular formula is C21H29BrN4O5S. The number of likely N-dealkylation sites (tertiary alicyclic amines) is 1. The molecular weight excluding hydrogens is 500 g/mol. The average Bonchev–Trinajstić information content (AvgIpc) is 3.34. The highest BCUT2D eigenvalue weighted by Crippen LogP contribution is 2.34. The highest BCUT2D eigenvalue weighted by Gasteiger charge is 2.40. The number of carbonyl (C=O) groups excluding carboxylic acids is 3. The first kappa shape index (κ1) is 26.0. The standard InChI is InChI=1S/C21H28N4O5S.BrH/c1-14-13-31-19(20(28)29-4)18(14)23-17(27)12-25(8-6-21(2,3)7-9-25)11-16(26)22-15-5-10-30-24-15;/h5,10,13H,6-9,11-12H2,1-4H3,(H-,22,23,24,26,27,28);1H. The fourth-order valence-electron chi connectivity index (χ4n) is 3.78. The van der Waals surface area contributed by atoms with Crippen LogP contribution in [0.25, 0.3) is 0 Å². The maximum atomic E-state index is 13.0. The lowest BCUT2D eigenvalue weighted by atomic mass is 9.81. The van der Waals surface area contributed by atoms with Gasteiger partial charge in [0.2, 0.25) is 0 Å². The molecule has 1 aliphatic heterocycles. The molecule has 32 heavy (non-hydrogen) atoms. The number of ether oxygens (including phenoxy) is 1. The van der Waals surface area contributed by atoms with Gasteiger partial charge in [0.15, 0.2) is 18.9 Å². The molecule has 0 saturated carbocycles. The van der Waals surface area contributed by atoms with Crippen molar-refractivity contribution < 1.29 is 45.1 Å². The number of aromatic nitrogens is 1.